The third kappa shape index (κ3) is 6.22. The van der Waals surface area contributed by atoms with E-state index in [0.29, 0.717) is 76.1 Å². The molecule has 3 aliphatic rings. The number of rotatable bonds is 4. The molecule has 0 aromatic heterocycles. The number of hydrogen-bond acceptors (Lipinski definition) is 5. The van der Waals surface area contributed by atoms with Gasteiger partial charge in [0.25, 0.3) is 5.91 Å². The number of methoxy groups -OCH3 is 1. The Hall–Kier alpha value is -3.65. The third-order valence-corrected chi connectivity index (χ3v) is 8.64. The molecule has 212 valence electrons. The largest absolute Gasteiger partial charge is 0.496 e. The smallest absolute Gasteiger partial charge is 0.257 e. The molecule has 2 aromatic rings. The number of benzene rings is 2. The van der Waals surface area contributed by atoms with Gasteiger partial charge in [0.15, 0.2) is 0 Å². The van der Waals surface area contributed by atoms with Crippen molar-refractivity contribution in [2.45, 2.75) is 50.6 Å². The van der Waals surface area contributed by atoms with Gasteiger partial charge in [-0.25, -0.2) is 0 Å². The van der Waals surface area contributed by atoms with Crippen LogP contribution in [0.3, 0.4) is 0 Å². The van der Waals surface area contributed by atoms with Gasteiger partial charge in [0.05, 0.1) is 18.1 Å². The van der Waals surface area contributed by atoms with Gasteiger partial charge in [-0.3, -0.25) is 14.4 Å². The number of nitrogens with zero attached hydrogens (tertiary/aromatic N) is 1. The highest BCUT2D eigenvalue weighted by Crippen LogP contribution is 2.36. The van der Waals surface area contributed by atoms with Gasteiger partial charge in [-0.15, -0.1) is 0 Å². The van der Waals surface area contributed by atoms with E-state index in [-0.39, 0.29) is 29.7 Å². The van der Waals surface area contributed by atoms with Crippen LogP contribution in [0.15, 0.2) is 66.7 Å². The molecule has 3 heterocycles. The van der Waals surface area contributed by atoms with Gasteiger partial charge >= 0.3 is 0 Å². The zero-order chi connectivity index (χ0) is 28.0. The van der Waals surface area contributed by atoms with Crippen LogP contribution < -0.4 is 15.4 Å². The molecule has 1 spiro atoms. The zero-order valence-electron chi connectivity index (χ0n) is 23.1. The number of para-hydroxylation sites is 1. The molecule has 8 heteroatoms. The van der Waals surface area contributed by atoms with Gasteiger partial charge in [-0.1, -0.05) is 54.6 Å². The summed E-state index contributed by atoms with van der Waals surface area (Å²) in [6, 6.07) is 16.3. The van der Waals surface area contributed by atoms with Crippen molar-refractivity contribution < 1.29 is 23.9 Å². The van der Waals surface area contributed by atoms with E-state index in [4.69, 9.17) is 9.47 Å². The van der Waals surface area contributed by atoms with Gasteiger partial charge < -0.3 is 25.0 Å². The molecule has 0 aliphatic carbocycles. The Morgan fingerprint density at radius 2 is 1.77 bits per heavy atom. The molecule has 2 fully saturated rings. The Kier molecular flexibility index (Phi) is 8.85. The van der Waals surface area contributed by atoms with Crippen molar-refractivity contribution in [3.63, 3.8) is 0 Å². The predicted molar refractivity (Wildman–Crippen MR) is 152 cm³/mol. The van der Waals surface area contributed by atoms with E-state index in [1.807, 2.05) is 47.4 Å². The van der Waals surface area contributed by atoms with E-state index in [1.165, 1.54) is 0 Å². The van der Waals surface area contributed by atoms with Gasteiger partial charge in [0, 0.05) is 44.7 Å². The standard InChI is InChI=1S/C32H39N3O5/c1-39-28-13-6-5-12-25(28)30(37)35-18-14-26-24(22-35)11-7-8-15-32(16-19-40-20-17-32)31(38)34-27(29(36)33-26)21-23-9-3-2-4-10-23/h2-10,12-13,24,26-27H,11,14-22H2,1H3,(H,33,36)(H,34,38)/b8-7+/t24-,26+,27-/m1/s1. The van der Waals surface area contributed by atoms with Crippen LogP contribution in [0.4, 0.5) is 0 Å². The summed E-state index contributed by atoms with van der Waals surface area (Å²) < 4.78 is 11.0. The van der Waals surface area contributed by atoms with E-state index in [0.717, 1.165) is 5.56 Å². The van der Waals surface area contributed by atoms with Crippen molar-refractivity contribution >= 4 is 17.7 Å². The fraction of sp³-hybridized carbons (Fsp3) is 0.469. The van der Waals surface area contributed by atoms with E-state index in [1.54, 1.807) is 19.2 Å². The van der Waals surface area contributed by atoms with Crippen LogP contribution in [-0.4, -0.2) is 68.1 Å². The normalized spacial score (nSPS) is 25.9. The molecular weight excluding hydrogens is 506 g/mol. The molecule has 0 unspecified atom stereocenters. The van der Waals surface area contributed by atoms with Crippen molar-refractivity contribution in [3.8, 4) is 5.75 Å². The lowest BCUT2D eigenvalue weighted by Gasteiger charge is -2.40. The lowest BCUT2D eigenvalue weighted by atomic mass is 9.75. The molecule has 2 saturated heterocycles. The lowest BCUT2D eigenvalue weighted by Crippen LogP contribution is -2.58. The first-order valence-corrected chi connectivity index (χ1v) is 14.3. The molecule has 0 radical (unpaired) electrons. The molecule has 0 bridgehead atoms. The number of piperidine rings is 1. The second-order valence-electron chi connectivity index (χ2n) is 11.1. The fourth-order valence-electron chi connectivity index (χ4n) is 6.16. The summed E-state index contributed by atoms with van der Waals surface area (Å²) in [4.78, 5) is 42.8. The number of fused-ring (bicyclic) bond motifs is 1. The minimum Gasteiger partial charge on any atom is -0.496 e. The van der Waals surface area contributed by atoms with Crippen LogP contribution in [0.1, 0.15) is 48.0 Å². The quantitative estimate of drug-likeness (QED) is 0.574. The minimum absolute atomic E-state index is 0.0470. The zero-order valence-corrected chi connectivity index (χ0v) is 23.1. The molecule has 2 N–H and O–H groups in total. The van der Waals surface area contributed by atoms with Gasteiger partial charge in [-0.2, -0.15) is 0 Å². The lowest BCUT2D eigenvalue weighted by molar-refractivity contribution is -0.140. The summed E-state index contributed by atoms with van der Waals surface area (Å²) in [6.45, 7) is 2.12. The molecule has 3 atom stereocenters. The molecule has 2 aromatic carbocycles. The maximum atomic E-state index is 13.8. The molecule has 3 amide bonds. The van der Waals surface area contributed by atoms with Crippen molar-refractivity contribution in [3.05, 3.63) is 77.9 Å². The van der Waals surface area contributed by atoms with Crippen LogP contribution in [0.2, 0.25) is 0 Å². The topological polar surface area (TPSA) is 97.0 Å². The molecule has 40 heavy (non-hydrogen) atoms. The first-order chi connectivity index (χ1) is 19.5. The van der Waals surface area contributed by atoms with Crippen LogP contribution in [-0.2, 0) is 20.7 Å². The molecule has 0 saturated carbocycles. The number of nitrogens with one attached hydrogen (secondary N) is 2. The summed E-state index contributed by atoms with van der Waals surface area (Å²) in [5, 5.41) is 6.40. The number of carbonyl (C=O) groups is 3. The van der Waals surface area contributed by atoms with E-state index < -0.39 is 11.5 Å². The highest BCUT2D eigenvalue weighted by atomic mass is 16.5. The molecular formula is C32H39N3O5. The summed E-state index contributed by atoms with van der Waals surface area (Å²) in [5.74, 6) is 0.288. The Morgan fingerprint density at radius 1 is 1.02 bits per heavy atom. The summed E-state index contributed by atoms with van der Waals surface area (Å²) in [7, 11) is 1.57. The maximum Gasteiger partial charge on any atom is 0.257 e. The second kappa shape index (κ2) is 12.7. The molecule has 8 nitrogen and oxygen atoms in total. The molecule has 3 aliphatic heterocycles. The third-order valence-electron chi connectivity index (χ3n) is 8.64. The van der Waals surface area contributed by atoms with Crippen molar-refractivity contribution in [2.24, 2.45) is 11.3 Å². The van der Waals surface area contributed by atoms with Gasteiger partial charge in [-0.05, 0) is 49.8 Å². The number of ether oxygens (including phenoxy) is 2. The Balaban J connectivity index is 1.40. The Morgan fingerprint density at radius 3 is 2.55 bits per heavy atom. The summed E-state index contributed by atoms with van der Waals surface area (Å²) in [5.41, 5.74) is 0.939. The summed E-state index contributed by atoms with van der Waals surface area (Å²) in [6.07, 6.45) is 7.83. The number of allylic oxidation sites excluding steroid dienone is 2. The highest BCUT2D eigenvalue weighted by Gasteiger charge is 2.42. The van der Waals surface area contributed by atoms with Crippen molar-refractivity contribution in [2.75, 3.05) is 33.4 Å². The number of carbonyl (C=O) groups excluding carboxylic acids is 3. The maximum absolute atomic E-state index is 13.8. The van der Waals surface area contributed by atoms with E-state index >= 15 is 0 Å². The SMILES string of the molecule is COc1ccccc1C(=O)N1CC[C@@H]2NC(=O)[C@@H](Cc3ccccc3)NC(=O)C3(C/C=C/C[C@@H]2C1)CCOCC3. The average Bonchev–Trinajstić information content (AvgIpc) is 2.99. The predicted octanol–water partition coefficient (Wildman–Crippen LogP) is 3.52. The highest BCUT2D eigenvalue weighted by molar-refractivity contribution is 5.97. The molecule has 5 rings (SSSR count). The van der Waals surface area contributed by atoms with E-state index in [9.17, 15) is 14.4 Å². The first-order valence-electron chi connectivity index (χ1n) is 14.3. The monoisotopic (exact) mass is 545 g/mol. The number of hydrogen-bond donors (Lipinski definition) is 2. The number of likely N-dealkylation sites (tertiary alicyclic amines) is 1. The first kappa shape index (κ1) is 27.9. The van der Waals surface area contributed by atoms with E-state index in [2.05, 4.69) is 22.8 Å². The van der Waals surface area contributed by atoms with Crippen LogP contribution in [0.25, 0.3) is 0 Å². The second-order valence-corrected chi connectivity index (χ2v) is 11.1. The van der Waals surface area contributed by atoms with Crippen molar-refractivity contribution in [1.29, 1.82) is 0 Å². The van der Waals surface area contributed by atoms with Crippen LogP contribution in [0, 0.1) is 11.3 Å². The van der Waals surface area contributed by atoms with Gasteiger partial charge in [0.2, 0.25) is 11.8 Å². The average molecular weight is 546 g/mol. The van der Waals surface area contributed by atoms with Crippen LogP contribution >= 0.6 is 0 Å². The van der Waals surface area contributed by atoms with Crippen LogP contribution in [0.5, 0.6) is 5.75 Å². The van der Waals surface area contributed by atoms with Gasteiger partial charge in [0.1, 0.15) is 11.8 Å². The van der Waals surface area contributed by atoms with Crippen molar-refractivity contribution in [1.82, 2.24) is 15.5 Å². The Labute approximate surface area is 236 Å². The summed E-state index contributed by atoms with van der Waals surface area (Å²) >= 11 is 0. The Bertz CT molecular complexity index is 1220. The minimum atomic E-state index is -0.688. The fourth-order valence-corrected chi connectivity index (χ4v) is 6.16. The number of amides is 3.